The van der Waals surface area contributed by atoms with E-state index in [1.165, 1.54) is 25.6 Å². The third kappa shape index (κ3) is 7.00. The average Bonchev–Trinajstić information content (AvgIpc) is 3.93. The van der Waals surface area contributed by atoms with Gasteiger partial charge in [-0.3, -0.25) is 19.0 Å². The van der Waals surface area contributed by atoms with E-state index in [2.05, 4.69) is 25.9 Å². The van der Waals surface area contributed by atoms with Gasteiger partial charge in [0.2, 0.25) is 11.8 Å². The van der Waals surface area contributed by atoms with Gasteiger partial charge in [-0.2, -0.15) is 0 Å². The number of methoxy groups -OCH3 is 2. The first-order valence-electron chi connectivity index (χ1n) is 17.1. The SMILES string of the molecule is COC(=O)N[C@H](C(=O)N1CCCC1[C@@H]1CN=C(c2cn3cc(-c4cnc([C@@H]5CCCN5C(=O)[C@@H](NC(=O)OC)C(C)C)[nH]4)sc3n2)N1)C(C)C. The van der Waals surface area contributed by atoms with E-state index in [0.717, 1.165) is 46.9 Å². The molecule has 1 unspecified atom stereocenters. The predicted molar refractivity (Wildman–Crippen MR) is 186 cm³/mol. The number of aromatic nitrogens is 4. The van der Waals surface area contributed by atoms with Crippen LogP contribution in [0.25, 0.3) is 15.5 Å². The number of amides is 4. The molecule has 0 saturated carbocycles. The normalized spacial score (nSPS) is 21.8. The Hall–Kier alpha value is -4.67. The molecule has 0 aromatic carbocycles. The summed E-state index contributed by atoms with van der Waals surface area (Å²) in [5.74, 6) is 0.928. The molecular weight excluding hydrogens is 664 g/mol. The van der Waals surface area contributed by atoms with Crippen molar-refractivity contribution < 1.29 is 28.7 Å². The minimum Gasteiger partial charge on any atom is -0.453 e. The second-order valence-corrected chi connectivity index (χ2v) is 14.7. The summed E-state index contributed by atoms with van der Waals surface area (Å²) >= 11 is 1.51. The second kappa shape index (κ2) is 14.7. The van der Waals surface area contributed by atoms with Crippen molar-refractivity contribution in [3.63, 3.8) is 0 Å². The molecular formula is C33H46N10O6S. The van der Waals surface area contributed by atoms with Gasteiger partial charge in [0.25, 0.3) is 0 Å². The molecule has 16 nitrogen and oxygen atoms in total. The van der Waals surface area contributed by atoms with Gasteiger partial charge >= 0.3 is 12.2 Å². The summed E-state index contributed by atoms with van der Waals surface area (Å²) in [6.45, 7) is 9.32. The molecule has 4 N–H and O–H groups in total. The molecule has 3 aromatic rings. The zero-order chi connectivity index (χ0) is 35.7. The number of hydrogen-bond acceptors (Lipinski definition) is 11. The summed E-state index contributed by atoms with van der Waals surface area (Å²) in [6, 6.07) is -1.70. The fourth-order valence-electron chi connectivity index (χ4n) is 7.05. The fourth-order valence-corrected chi connectivity index (χ4v) is 7.98. The topological polar surface area (TPSA) is 188 Å². The van der Waals surface area contributed by atoms with Crippen molar-refractivity contribution in [2.45, 2.75) is 83.6 Å². The van der Waals surface area contributed by atoms with Gasteiger partial charge < -0.3 is 40.2 Å². The van der Waals surface area contributed by atoms with Crippen molar-refractivity contribution in [3.8, 4) is 10.6 Å². The highest BCUT2D eigenvalue weighted by Crippen LogP contribution is 2.34. The highest BCUT2D eigenvalue weighted by Gasteiger charge is 2.41. The van der Waals surface area contributed by atoms with E-state index in [4.69, 9.17) is 19.5 Å². The van der Waals surface area contributed by atoms with E-state index >= 15 is 0 Å². The minimum absolute atomic E-state index is 0.0548. The Kier molecular flexibility index (Phi) is 10.3. The van der Waals surface area contributed by atoms with Crippen LogP contribution in [0.5, 0.6) is 0 Å². The van der Waals surface area contributed by atoms with Crippen LogP contribution in [0.1, 0.15) is 70.9 Å². The lowest BCUT2D eigenvalue weighted by molar-refractivity contribution is -0.136. The molecule has 4 amide bonds. The zero-order valence-electron chi connectivity index (χ0n) is 29.3. The maximum Gasteiger partial charge on any atom is 0.407 e. The molecule has 17 heteroatoms. The Morgan fingerprint density at radius 2 is 1.56 bits per heavy atom. The lowest BCUT2D eigenvalue weighted by Gasteiger charge is -2.33. The lowest BCUT2D eigenvalue weighted by Crippen LogP contribution is -2.56. The Bertz CT molecular complexity index is 1730. The van der Waals surface area contributed by atoms with E-state index in [9.17, 15) is 19.2 Å². The summed E-state index contributed by atoms with van der Waals surface area (Å²) in [7, 11) is 2.57. The van der Waals surface area contributed by atoms with Gasteiger partial charge in [0.05, 0.1) is 55.7 Å². The largest absolute Gasteiger partial charge is 0.453 e. The molecule has 3 aliphatic rings. The molecule has 0 radical (unpaired) electrons. The molecule has 6 heterocycles. The fraction of sp³-hybridized carbons (Fsp3) is 0.606. The molecule has 270 valence electrons. The molecule has 2 saturated heterocycles. The maximum atomic E-state index is 13.5. The van der Waals surface area contributed by atoms with Crippen LogP contribution in [0, 0.1) is 11.8 Å². The van der Waals surface area contributed by atoms with Crippen LogP contribution in [0.2, 0.25) is 0 Å². The van der Waals surface area contributed by atoms with Crippen molar-refractivity contribution in [3.05, 3.63) is 30.1 Å². The Morgan fingerprint density at radius 3 is 2.20 bits per heavy atom. The zero-order valence-corrected chi connectivity index (χ0v) is 30.1. The maximum absolute atomic E-state index is 13.5. The number of thiazole rings is 1. The Balaban J connectivity index is 1.11. The molecule has 6 rings (SSSR count). The van der Waals surface area contributed by atoms with E-state index in [1.807, 2.05) is 49.4 Å². The molecule has 0 bridgehead atoms. The second-order valence-electron chi connectivity index (χ2n) is 13.7. The number of imidazole rings is 2. The van der Waals surface area contributed by atoms with Gasteiger partial charge in [-0.1, -0.05) is 39.0 Å². The third-order valence-electron chi connectivity index (χ3n) is 9.71. The van der Waals surface area contributed by atoms with Gasteiger partial charge in [0.15, 0.2) is 4.96 Å². The van der Waals surface area contributed by atoms with Crippen molar-refractivity contribution in [2.24, 2.45) is 16.8 Å². The Morgan fingerprint density at radius 1 is 0.920 bits per heavy atom. The molecule has 2 fully saturated rings. The van der Waals surface area contributed by atoms with Crippen molar-refractivity contribution in [2.75, 3.05) is 33.9 Å². The van der Waals surface area contributed by atoms with E-state index < -0.39 is 24.3 Å². The number of amidine groups is 1. The lowest BCUT2D eigenvalue weighted by atomic mass is 10.0. The number of H-pyrrole nitrogens is 1. The van der Waals surface area contributed by atoms with Crippen LogP contribution in [0.15, 0.2) is 23.6 Å². The van der Waals surface area contributed by atoms with E-state index in [-0.39, 0.29) is 41.8 Å². The highest BCUT2D eigenvalue weighted by molar-refractivity contribution is 7.20. The number of likely N-dealkylation sites (tertiary alicyclic amines) is 2. The number of aliphatic imine (C=N–C) groups is 1. The van der Waals surface area contributed by atoms with Crippen molar-refractivity contribution in [1.82, 2.24) is 45.1 Å². The van der Waals surface area contributed by atoms with Crippen molar-refractivity contribution in [1.29, 1.82) is 0 Å². The monoisotopic (exact) mass is 710 g/mol. The number of fused-ring (bicyclic) bond motifs is 1. The summed E-state index contributed by atoms with van der Waals surface area (Å²) in [5, 5.41) is 8.91. The van der Waals surface area contributed by atoms with Crippen LogP contribution >= 0.6 is 11.3 Å². The summed E-state index contributed by atoms with van der Waals surface area (Å²) < 4.78 is 11.5. The van der Waals surface area contributed by atoms with Gasteiger partial charge in [-0.05, 0) is 37.5 Å². The first kappa shape index (κ1) is 35.2. The van der Waals surface area contributed by atoms with Gasteiger partial charge in [-0.15, -0.1) is 0 Å². The first-order chi connectivity index (χ1) is 24.0. The average molecular weight is 711 g/mol. The minimum atomic E-state index is -0.696. The third-order valence-corrected chi connectivity index (χ3v) is 10.7. The number of rotatable bonds is 10. The quantitative estimate of drug-likeness (QED) is 0.245. The predicted octanol–water partition coefficient (Wildman–Crippen LogP) is 2.92. The number of ether oxygens (including phenoxy) is 2. The highest BCUT2D eigenvalue weighted by atomic mass is 32.1. The summed E-state index contributed by atoms with van der Waals surface area (Å²) in [4.78, 5) is 74.0. The number of nitrogens with one attached hydrogen (secondary N) is 4. The molecule has 3 aliphatic heterocycles. The number of aromatic amines is 1. The Labute approximate surface area is 294 Å². The molecule has 0 spiro atoms. The number of hydrogen-bond donors (Lipinski definition) is 4. The molecule has 3 aromatic heterocycles. The van der Waals surface area contributed by atoms with Gasteiger partial charge in [-0.25, -0.2) is 19.6 Å². The number of alkyl carbamates (subject to hydrolysis) is 2. The number of carbonyl (C=O) groups excluding carboxylic acids is 4. The van der Waals surface area contributed by atoms with E-state index in [1.54, 1.807) is 11.1 Å². The number of nitrogens with zero attached hydrogens (tertiary/aromatic N) is 6. The smallest absolute Gasteiger partial charge is 0.407 e. The van der Waals surface area contributed by atoms with Crippen LogP contribution in [0.3, 0.4) is 0 Å². The molecule has 50 heavy (non-hydrogen) atoms. The molecule has 0 aliphatic carbocycles. The van der Waals surface area contributed by atoms with Crippen LogP contribution in [-0.2, 0) is 19.1 Å². The standard InChI is InChI=1S/C33H46N10O6S/c1-17(2)25(39-32(46)48-5)29(44)42-11-7-9-22(42)19-13-34-27(36-19)21-15-41-16-24(50-31(41)38-21)20-14-35-28(37-20)23-10-8-12-43(23)30(45)26(18(3)4)40-33(47)49-6/h14-19,22-23,25-26H,7-13H2,1-6H3,(H,34,36)(H,35,37)(H,39,46)(H,40,47)/t19-,22?,23-,25-,26-/m0/s1. The van der Waals surface area contributed by atoms with E-state index in [0.29, 0.717) is 31.3 Å². The van der Waals surface area contributed by atoms with Crippen LogP contribution in [0.4, 0.5) is 9.59 Å². The first-order valence-corrected chi connectivity index (χ1v) is 18.0. The van der Waals surface area contributed by atoms with Crippen LogP contribution < -0.4 is 16.0 Å². The number of carbonyl (C=O) groups is 4. The molecule has 5 atom stereocenters. The summed E-state index contributed by atoms with van der Waals surface area (Å²) in [5.41, 5.74) is 1.55. The van der Waals surface area contributed by atoms with Crippen LogP contribution in [-0.4, -0.2) is 117 Å². The summed E-state index contributed by atoms with van der Waals surface area (Å²) in [6.07, 6.45) is 7.79. The van der Waals surface area contributed by atoms with Gasteiger partial charge in [0, 0.05) is 25.5 Å². The van der Waals surface area contributed by atoms with Gasteiger partial charge in [0.1, 0.15) is 29.4 Å². The van der Waals surface area contributed by atoms with Crippen molar-refractivity contribution >= 4 is 46.1 Å².